The van der Waals surface area contributed by atoms with E-state index in [2.05, 4.69) is 15.6 Å². The molecule has 0 saturated carbocycles. The minimum atomic E-state index is -0.363. The van der Waals surface area contributed by atoms with E-state index >= 15 is 0 Å². The Labute approximate surface area is 147 Å². The van der Waals surface area contributed by atoms with Crippen LogP contribution in [0.2, 0.25) is 5.02 Å². The summed E-state index contributed by atoms with van der Waals surface area (Å²) in [5.74, 6) is 0.670. The van der Waals surface area contributed by atoms with Crippen LogP contribution < -0.4 is 15.4 Å². The van der Waals surface area contributed by atoms with Crippen molar-refractivity contribution in [3.8, 4) is 5.75 Å². The molecule has 0 bridgehead atoms. The summed E-state index contributed by atoms with van der Waals surface area (Å²) < 4.78 is 5.25. The number of halogens is 1. The Kier molecular flexibility index (Phi) is 5.34. The Bertz CT molecular complexity index is 754. The van der Waals surface area contributed by atoms with Gasteiger partial charge in [-0.05, 0) is 57.5 Å². The van der Waals surface area contributed by atoms with Crippen LogP contribution in [-0.2, 0) is 0 Å². The molecule has 2 N–H and O–H groups in total. The van der Waals surface area contributed by atoms with E-state index in [0.29, 0.717) is 16.6 Å². The van der Waals surface area contributed by atoms with Crippen LogP contribution in [0.5, 0.6) is 5.75 Å². The number of pyridine rings is 1. The molecule has 0 fully saturated rings. The van der Waals surface area contributed by atoms with Gasteiger partial charge in [0, 0.05) is 16.2 Å². The van der Waals surface area contributed by atoms with Crippen molar-refractivity contribution in [1.29, 1.82) is 0 Å². The summed E-state index contributed by atoms with van der Waals surface area (Å²) >= 11 is 6.14. The van der Waals surface area contributed by atoms with E-state index in [0.717, 1.165) is 11.3 Å². The number of benzene rings is 1. The summed E-state index contributed by atoms with van der Waals surface area (Å²) in [6.07, 6.45) is 0. The molecule has 128 valence electrons. The number of carbonyl (C=O) groups excluding carboxylic acids is 1. The molecule has 1 amide bonds. The van der Waals surface area contributed by atoms with Crippen LogP contribution in [0, 0.1) is 6.92 Å². The average Bonchev–Trinajstić information content (AvgIpc) is 2.49. The molecule has 1 aromatic carbocycles. The van der Waals surface area contributed by atoms with Crippen molar-refractivity contribution in [3.05, 3.63) is 46.6 Å². The lowest BCUT2D eigenvalue weighted by Gasteiger charge is -2.21. The number of amides is 1. The van der Waals surface area contributed by atoms with Crippen LogP contribution in [0.4, 0.5) is 11.5 Å². The maximum atomic E-state index is 12.4. The van der Waals surface area contributed by atoms with Crippen molar-refractivity contribution >= 4 is 29.0 Å². The number of nitrogens with zero attached hydrogens (tertiary/aromatic N) is 1. The predicted octanol–water partition coefficient (Wildman–Crippen LogP) is 4.32. The Hall–Kier alpha value is -2.27. The molecule has 2 rings (SSSR count). The number of aromatic nitrogens is 1. The van der Waals surface area contributed by atoms with Crippen molar-refractivity contribution < 1.29 is 9.53 Å². The lowest BCUT2D eigenvalue weighted by molar-refractivity contribution is 0.0911. The zero-order valence-electron chi connectivity index (χ0n) is 14.5. The summed E-state index contributed by atoms with van der Waals surface area (Å²) in [5, 5.41) is 6.70. The first kappa shape index (κ1) is 18.1. The van der Waals surface area contributed by atoms with Crippen molar-refractivity contribution in [1.82, 2.24) is 10.3 Å². The Morgan fingerprint density at radius 2 is 1.92 bits per heavy atom. The highest BCUT2D eigenvalue weighted by molar-refractivity contribution is 6.31. The van der Waals surface area contributed by atoms with E-state index in [1.165, 1.54) is 7.11 Å². The molecule has 1 aromatic heterocycles. The molecule has 0 radical (unpaired) electrons. The van der Waals surface area contributed by atoms with Gasteiger partial charge in [-0.1, -0.05) is 17.7 Å². The maximum Gasteiger partial charge on any atom is 0.274 e. The smallest absolute Gasteiger partial charge is 0.274 e. The van der Waals surface area contributed by atoms with Crippen LogP contribution in [0.15, 0.2) is 30.3 Å². The molecule has 0 aliphatic rings. The van der Waals surface area contributed by atoms with Crippen LogP contribution in [-0.4, -0.2) is 23.5 Å². The monoisotopic (exact) mass is 347 g/mol. The lowest BCUT2D eigenvalue weighted by atomic mass is 10.1. The van der Waals surface area contributed by atoms with Crippen molar-refractivity contribution in [2.45, 2.75) is 33.2 Å². The number of rotatable bonds is 4. The molecular formula is C18H22ClN3O2. The molecular weight excluding hydrogens is 326 g/mol. The van der Waals surface area contributed by atoms with Gasteiger partial charge >= 0.3 is 0 Å². The number of hydrogen-bond acceptors (Lipinski definition) is 4. The predicted molar refractivity (Wildman–Crippen MR) is 97.5 cm³/mol. The first-order valence-electron chi connectivity index (χ1n) is 7.60. The van der Waals surface area contributed by atoms with Gasteiger partial charge in [0.2, 0.25) is 0 Å². The quantitative estimate of drug-likeness (QED) is 0.864. The van der Waals surface area contributed by atoms with Gasteiger partial charge in [0.1, 0.15) is 11.6 Å². The molecule has 2 aromatic rings. The van der Waals surface area contributed by atoms with Crippen LogP contribution in [0.25, 0.3) is 0 Å². The molecule has 0 aliphatic carbocycles. The minimum absolute atomic E-state index is 0.232. The largest absolute Gasteiger partial charge is 0.494 e. The second-order valence-electron chi connectivity index (χ2n) is 6.54. The van der Waals surface area contributed by atoms with Crippen molar-refractivity contribution in [2.75, 3.05) is 12.4 Å². The number of methoxy groups -OCH3 is 1. The molecule has 0 spiro atoms. The molecule has 0 atom stereocenters. The maximum absolute atomic E-state index is 12.4. The number of aryl methyl sites for hydroxylation is 1. The fourth-order valence-corrected chi connectivity index (χ4v) is 2.24. The van der Waals surface area contributed by atoms with Crippen molar-refractivity contribution in [3.63, 3.8) is 0 Å². The lowest BCUT2D eigenvalue weighted by Crippen LogP contribution is -2.41. The zero-order chi connectivity index (χ0) is 17.9. The average molecular weight is 348 g/mol. The summed E-state index contributed by atoms with van der Waals surface area (Å²) in [6.45, 7) is 7.67. The van der Waals surface area contributed by atoms with Gasteiger partial charge in [-0.3, -0.25) is 4.79 Å². The fraction of sp³-hybridized carbons (Fsp3) is 0.333. The van der Waals surface area contributed by atoms with Crippen LogP contribution in [0.3, 0.4) is 0 Å². The Morgan fingerprint density at radius 1 is 1.21 bits per heavy atom. The third kappa shape index (κ3) is 4.61. The van der Waals surface area contributed by atoms with E-state index in [1.54, 1.807) is 12.1 Å². The first-order chi connectivity index (χ1) is 11.2. The normalized spacial score (nSPS) is 11.1. The van der Waals surface area contributed by atoms with E-state index in [-0.39, 0.29) is 17.1 Å². The number of nitrogens with one attached hydrogen (secondary N) is 2. The summed E-state index contributed by atoms with van der Waals surface area (Å²) in [4.78, 5) is 16.8. The fourth-order valence-electron chi connectivity index (χ4n) is 2.06. The van der Waals surface area contributed by atoms with E-state index in [9.17, 15) is 4.79 Å². The number of carbonyl (C=O) groups is 1. The molecule has 24 heavy (non-hydrogen) atoms. The molecule has 0 aliphatic heterocycles. The van der Waals surface area contributed by atoms with Gasteiger partial charge in [-0.25, -0.2) is 4.98 Å². The highest BCUT2D eigenvalue weighted by atomic mass is 35.5. The highest BCUT2D eigenvalue weighted by Crippen LogP contribution is 2.25. The van der Waals surface area contributed by atoms with Crippen molar-refractivity contribution in [2.24, 2.45) is 0 Å². The van der Waals surface area contributed by atoms with E-state index < -0.39 is 0 Å². The third-order valence-corrected chi connectivity index (χ3v) is 3.63. The molecule has 6 heteroatoms. The molecule has 5 nitrogen and oxygen atoms in total. The number of ether oxygens (including phenoxy) is 1. The standard InChI is InChI=1S/C18H22ClN3O2/c1-11-6-7-12(10-13(11)19)20-15-9-8-14(24-5)16(21-15)17(23)22-18(2,3)4/h6-10H,1-5H3,(H,20,21)(H,22,23). The summed E-state index contributed by atoms with van der Waals surface area (Å²) in [7, 11) is 1.51. The molecule has 0 unspecified atom stereocenters. The summed E-state index contributed by atoms with van der Waals surface area (Å²) in [6, 6.07) is 9.10. The molecule has 1 heterocycles. The van der Waals surface area contributed by atoms with Gasteiger partial charge < -0.3 is 15.4 Å². The Morgan fingerprint density at radius 3 is 2.50 bits per heavy atom. The van der Waals surface area contributed by atoms with Crippen LogP contribution >= 0.6 is 11.6 Å². The van der Waals surface area contributed by atoms with Gasteiger partial charge in [-0.15, -0.1) is 0 Å². The SMILES string of the molecule is COc1ccc(Nc2ccc(C)c(Cl)c2)nc1C(=O)NC(C)(C)C. The first-order valence-corrected chi connectivity index (χ1v) is 7.98. The van der Waals surface area contributed by atoms with Gasteiger partial charge in [-0.2, -0.15) is 0 Å². The topological polar surface area (TPSA) is 63.2 Å². The third-order valence-electron chi connectivity index (χ3n) is 3.23. The number of anilines is 2. The second-order valence-corrected chi connectivity index (χ2v) is 6.95. The van der Waals surface area contributed by atoms with Gasteiger partial charge in [0.15, 0.2) is 5.69 Å². The number of hydrogen-bond donors (Lipinski definition) is 2. The zero-order valence-corrected chi connectivity index (χ0v) is 15.3. The van der Waals surface area contributed by atoms with Gasteiger partial charge in [0.25, 0.3) is 5.91 Å². The second kappa shape index (κ2) is 7.09. The highest BCUT2D eigenvalue weighted by Gasteiger charge is 2.20. The summed E-state index contributed by atoms with van der Waals surface area (Å²) in [5.41, 5.74) is 1.66. The van der Waals surface area contributed by atoms with E-state index in [1.807, 2.05) is 45.9 Å². The van der Waals surface area contributed by atoms with Gasteiger partial charge in [0.05, 0.1) is 7.11 Å². The Balaban J connectivity index is 2.30. The van der Waals surface area contributed by atoms with Crippen LogP contribution in [0.1, 0.15) is 36.8 Å². The molecule has 0 saturated heterocycles. The minimum Gasteiger partial charge on any atom is -0.494 e. The van der Waals surface area contributed by atoms with E-state index in [4.69, 9.17) is 16.3 Å².